The Morgan fingerprint density at radius 1 is 0.306 bits per heavy atom. The molecular formula is C58H37N3O. The molecule has 0 aliphatic carbocycles. The molecule has 0 saturated heterocycles. The number of para-hydroxylation sites is 2. The Labute approximate surface area is 358 Å². The number of hydrogen-bond donors (Lipinski definition) is 0. The predicted octanol–water partition coefficient (Wildman–Crippen LogP) is 15.5. The molecule has 62 heavy (non-hydrogen) atoms. The molecule has 3 heterocycles. The van der Waals surface area contributed by atoms with E-state index in [2.05, 4.69) is 205 Å². The first-order valence-electron chi connectivity index (χ1n) is 21.0. The van der Waals surface area contributed by atoms with E-state index < -0.39 is 0 Å². The number of benzene rings is 9. The van der Waals surface area contributed by atoms with Crippen molar-refractivity contribution in [3.63, 3.8) is 0 Å². The van der Waals surface area contributed by atoms with Crippen LogP contribution in [0, 0.1) is 0 Å². The van der Waals surface area contributed by atoms with Crippen LogP contribution in [0.3, 0.4) is 0 Å². The third-order valence-electron chi connectivity index (χ3n) is 12.0. The molecule has 0 amide bonds. The summed E-state index contributed by atoms with van der Waals surface area (Å²) < 4.78 is 8.82. The van der Waals surface area contributed by atoms with Gasteiger partial charge in [0.15, 0.2) is 5.82 Å². The first kappa shape index (κ1) is 35.6. The van der Waals surface area contributed by atoms with Gasteiger partial charge in [-0.15, -0.1) is 0 Å². The molecule has 0 atom stereocenters. The van der Waals surface area contributed by atoms with E-state index in [-0.39, 0.29) is 0 Å². The Morgan fingerprint density at radius 3 is 1.50 bits per heavy atom. The van der Waals surface area contributed by atoms with Gasteiger partial charge in [-0.3, -0.25) is 0 Å². The minimum atomic E-state index is 0.631. The molecule has 0 fully saturated rings. The quantitative estimate of drug-likeness (QED) is 0.161. The number of hydrogen-bond acceptors (Lipinski definition) is 3. The van der Waals surface area contributed by atoms with Gasteiger partial charge < -0.3 is 8.98 Å². The zero-order chi connectivity index (χ0) is 41.0. The van der Waals surface area contributed by atoms with Gasteiger partial charge in [0, 0.05) is 49.4 Å². The van der Waals surface area contributed by atoms with Crippen LogP contribution in [-0.2, 0) is 0 Å². The number of fused-ring (bicyclic) bond motifs is 6. The van der Waals surface area contributed by atoms with E-state index in [0.29, 0.717) is 5.82 Å². The van der Waals surface area contributed by atoms with Crippen LogP contribution in [0.1, 0.15) is 0 Å². The molecule has 9 aromatic carbocycles. The van der Waals surface area contributed by atoms with Gasteiger partial charge in [-0.05, 0) is 76.9 Å². The monoisotopic (exact) mass is 791 g/mol. The lowest BCUT2D eigenvalue weighted by Gasteiger charge is -2.21. The van der Waals surface area contributed by atoms with Crippen LogP contribution in [-0.4, -0.2) is 14.5 Å². The van der Waals surface area contributed by atoms with E-state index in [1.807, 2.05) is 24.3 Å². The van der Waals surface area contributed by atoms with Crippen molar-refractivity contribution in [2.24, 2.45) is 0 Å². The summed E-state index contributed by atoms with van der Waals surface area (Å²) in [5.41, 5.74) is 16.4. The van der Waals surface area contributed by atoms with Crippen molar-refractivity contribution in [3.8, 4) is 73.0 Å². The minimum absolute atomic E-state index is 0.631. The van der Waals surface area contributed by atoms with Crippen molar-refractivity contribution >= 4 is 43.7 Å². The Kier molecular flexibility index (Phi) is 8.46. The second-order valence-electron chi connectivity index (χ2n) is 15.7. The van der Waals surface area contributed by atoms with Gasteiger partial charge in [-0.1, -0.05) is 170 Å². The van der Waals surface area contributed by atoms with Crippen molar-refractivity contribution < 1.29 is 4.42 Å². The summed E-state index contributed by atoms with van der Waals surface area (Å²) in [6.07, 6.45) is 0. The van der Waals surface area contributed by atoms with Gasteiger partial charge in [0.25, 0.3) is 0 Å². The topological polar surface area (TPSA) is 43.9 Å². The molecule has 0 radical (unpaired) electrons. The number of nitrogens with zero attached hydrogens (tertiary/aromatic N) is 3. The molecule has 4 heteroatoms. The van der Waals surface area contributed by atoms with E-state index in [1.165, 1.54) is 21.9 Å². The van der Waals surface area contributed by atoms with Crippen molar-refractivity contribution in [1.29, 1.82) is 0 Å². The van der Waals surface area contributed by atoms with Gasteiger partial charge in [-0.2, -0.15) is 0 Å². The maximum atomic E-state index is 6.35. The summed E-state index contributed by atoms with van der Waals surface area (Å²) in [5.74, 6) is 0.631. The fourth-order valence-electron chi connectivity index (χ4n) is 9.07. The predicted molar refractivity (Wildman–Crippen MR) is 256 cm³/mol. The highest BCUT2D eigenvalue weighted by Gasteiger charge is 2.23. The smallest absolute Gasteiger partial charge is 0.160 e. The van der Waals surface area contributed by atoms with E-state index in [1.54, 1.807) is 0 Å². The average molecular weight is 792 g/mol. The van der Waals surface area contributed by atoms with E-state index >= 15 is 0 Å². The molecule has 0 aliphatic heterocycles. The van der Waals surface area contributed by atoms with E-state index in [4.69, 9.17) is 14.4 Å². The van der Waals surface area contributed by atoms with Crippen LogP contribution < -0.4 is 0 Å². The maximum absolute atomic E-state index is 6.35. The molecule has 0 N–H and O–H groups in total. The fourth-order valence-corrected chi connectivity index (χ4v) is 9.07. The van der Waals surface area contributed by atoms with Crippen LogP contribution >= 0.6 is 0 Å². The number of furan rings is 1. The Bertz CT molecular complexity index is 3550. The molecule has 12 rings (SSSR count). The summed E-state index contributed by atoms with van der Waals surface area (Å²) >= 11 is 0. The number of aromatic nitrogens is 3. The normalized spacial score (nSPS) is 11.5. The molecule has 4 nitrogen and oxygen atoms in total. The molecule has 12 aromatic rings. The largest absolute Gasteiger partial charge is 0.456 e. The second-order valence-corrected chi connectivity index (χ2v) is 15.7. The van der Waals surface area contributed by atoms with Gasteiger partial charge in [-0.25, -0.2) is 9.97 Å². The summed E-state index contributed by atoms with van der Waals surface area (Å²) in [7, 11) is 0. The van der Waals surface area contributed by atoms with E-state index in [9.17, 15) is 0 Å². The van der Waals surface area contributed by atoms with Crippen molar-refractivity contribution in [1.82, 2.24) is 14.5 Å². The minimum Gasteiger partial charge on any atom is -0.456 e. The van der Waals surface area contributed by atoms with Crippen LogP contribution in [0.5, 0.6) is 0 Å². The molecule has 0 aliphatic rings. The lowest BCUT2D eigenvalue weighted by Crippen LogP contribution is -2.02. The van der Waals surface area contributed by atoms with Crippen LogP contribution in [0.4, 0.5) is 0 Å². The zero-order valence-corrected chi connectivity index (χ0v) is 33.6. The molecule has 3 aromatic heterocycles. The van der Waals surface area contributed by atoms with Crippen LogP contribution in [0.25, 0.3) is 117 Å². The fraction of sp³-hybridized carbons (Fsp3) is 0. The Balaban J connectivity index is 1.14. The third-order valence-corrected chi connectivity index (χ3v) is 12.0. The molecule has 0 spiro atoms. The SMILES string of the molecule is c1ccc(-c2ccc3c(c2)c2ccccc2n3-c2c(-c3ccccc3)cc(-c3cc(-c4ccccc4)nc(-c4ccc5c(c4)oc4ccccc45)n3)cc2-c2ccccc2)cc1. The molecule has 0 bridgehead atoms. The Morgan fingerprint density at radius 2 is 0.823 bits per heavy atom. The Hall–Kier alpha value is -8.34. The highest BCUT2D eigenvalue weighted by atomic mass is 16.3. The van der Waals surface area contributed by atoms with Crippen LogP contribution in [0.2, 0.25) is 0 Å². The zero-order valence-electron chi connectivity index (χ0n) is 33.6. The van der Waals surface area contributed by atoms with Gasteiger partial charge in [0.1, 0.15) is 11.2 Å². The van der Waals surface area contributed by atoms with Crippen LogP contribution in [0.15, 0.2) is 229 Å². The van der Waals surface area contributed by atoms with Gasteiger partial charge in [0.2, 0.25) is 0 Å². The highest BCUT2D eigenvalue weighted by Crippen LogP contribution is 2.45. The molecular weight excluding hydrogens is 755 g/mol. The first-order valence-corrected chi connectivity index (χ1v) is 21.0. The lowest BCUT2D eigenvalue weighted by molar-refractivity contribution is 0.669. The van der Waals surface area contributed by atoms with E-state index in [0.717, 1.165) is 89.0 Å². The highest BCUT2D eigenvalue weighted by molar-refractivity contribution is 6.12. The summed E-state index contributed by atoms with van der Waals surface area (Å²) in [4.78, 5) is 10.6. The second kappa shape index (κ2) is 14.7. The first-order chi connectivity index (χ1) is 30.7. The van der Waals surface area contributed by atoms with Gasteiger partial charge >= 0.3 is 0 Å². The van der Waals surface area contributed by atoms with Crippen molar-refractivity contribution in [3.05, 3.63) is 224 Å². The molecule has 0 unspecified atom stereocenters. The average Bonchev–Trinajstić information content (AvgIpc) is 3.89. The summed E-state index contributed by atoms with van der Waals surface area (Å²) in [5, 5.41) is 4.58. The maximum Gasteiger partial charge on any atom is 0.160 e. The lowest BCUT2D eigenvalue weighted by atomic mass is 9.91. The third kappa shape index (κ3) is 6.08. The summed E-state index contributed by atoms with van der Waals surface area (Å²) in [6, 6.07) is 79.4. The van der Waals surface area contributed by atoms with Crippen molar-refractivity contribution in [2.45, 2.75) is 0 Å². The number of rotatable bonds is 7. The summed E-state index contributed by atoms with van der Waals surface area (Å²) in [6.45, 7) is 0. The molecule has 0 saturated carbocycles. The van der Waals surface area contributed by atoms with Gasteiger partial charge in [0.05, 0.1) is 28.1 Å². The molecule has 290 valence electrons. The standard InChI is InChI=1S/C58H37N3O/c1-5-17-38(18-6-1)42-30-32-54-50(33-42)45-25-13-15-27-53(45)61(54)57-48(39-19-7-2-8-20-39)34-44(35-49(57)40-21-9-3-10-22-40)52-37-51(41-23-11-4-12-24-41)59-58(60-52)43-29-31-47-46-26-14-16-28-55(46)62-56(47)36-43/h1-37H. The van der Waals surface area contributed by atoms with Crippen molar-refractivity contribution in [2.75, 3.05) is 0 Å².